The first-order chi connectivity index (χ1) is 7.45. The predicted octanol–water partition coefficient (Wildman–Crippen LogP) is 2.53. The first kappa shape index (κ1) is 8.43. The normalized spacial score (nSPS) is 10.7. The molecule has 3 heterocycles. The molecule has 0 saturated heterocycles. The number of nitrogens with one attached hydrogen (secondary N) is 2. The second kappa shape index (κ2) is 3.36. The maximum absolute atomic E-state index is 4.28. The van der Waals surface area contributed by atoms with Crippen molar-refractivity contribution in [3.63, 3.8) is 0 Å². The molecule has 0 saturated carbocycles. The van der Waals surface area contributed by atoms with Gasteiger partial charge in [-0.15, -0.1) is 11.3 Å². The number of aromatic nitrogens is 4. The molecule has 4 nitrogen and oxygen atoms in total. The molecule has 0 fully saturated rings. The van der Waals surface area contributed by atoms with Crippen molar-refractivity contribution in [3.8, 4) is 22.0 Å². The molecule has 0 bridgehead atoms. The highest BCUT2D eigenvalue weighted by Crippen LogP contribution is 2.30. The zero-order chi connectivity index (χ0) is 10.1. The molecule has 0 aliphatic carbocycles. The van der Waals surface area contributed by atoms with Crippen LogP contribution < -0.4 is 0 Å². The van der Waals surface area contributed by atoms with Crippen molar-refractivity contribution in [1.29, 1.82) is 0 Å². The number of aromatic amines is 2. The zero-order valence-corrected chi connectivity index (χ0v) is 8.58. The smallest absolute Gasteiger partial charge is 0.140 e. The van der Waals surface area contributed by atoms with E-state index in [1.165, 1.54) is 0 Å². The van der Waals surface area contributed by atoms with Crippen LogP contribution in [-0.2, 0) is 0 Å². The van der Waals surface area contributed by atoms with E-state index in [9.17, 15) is 0 Å². The summed E-state index contributed by atoms with van der Waals surface area (Å²) in [5.41, 5.74) is 3.14. The summed E-state index contributed by atoms with van der Waals surface area (Å²) in [5.74, 6) is 0. The lowest BCUT2D eigenvalue weighted by Gasteiger charge is -1.97. The van der Waals surface area contributed by atoms with Crippen LogP contribution in [0.1, 0.15) is 0 Å². The molecule has 0 aliphatic heterocycles. The van der Waals surface area contributed by atoms with Gasteiger partial charge in [-0.25, -0.2) is 4.98 Å². The molecule has 5 heteroatoms. The summed E-state index contributed by atoms with van der Waals surface area (Å²) in [4.78, 5) is 7.48. The molecule has 2 N–H and O–H groups in total. The Balaban J connectivity index is 2.15. The van der Waals surface area contributed by atoms with Crippen LogP contribution >= 0.6 is 11.3 Å². The van der Waals surface area contributed by atoms with Gasteiger partial charge in [0.1, 0.15) is 5.01 Å². The topological polar surface area (TPSA) is 57.4 Å². The highest BCUT2D eigenvalue weighted by Gasteiger charge is 2.10. The van der Waals surface area contributed by atoms with E-state index in [1.54, 1.807) is 23.7 Å². The van der Waals surface area contributed by atoms with Crippen LogP contribution in [0.25, 0.3) is 22.0 Å². The third-order valence-corrected chi connectivity index (χ3v) is 2.97. The third kappa shape index (κ3) is 1.37. The molecule has 0 atom stereocenters. The first-order valence-electron chi connectivity index (χ1n) is 4.52. The van der Waals surface area contributed by atoms with Crippen LogP contribution in [0, 0.1) is 0 Å². The first-order valence-corrected chi connectivity index (χ1v) is 5.40. The summed E-state index contributed by atoms with van der Waals surface area (Å²) < 4.78 is 0. The molecular weight excluding hydrogens is 208 g/mol. The van der Waals surface area contributed by atoms with Gasteiger partial charge in [-0.1, -0.05) is 0 Å². The van der Waals surface area contributed by atoms with Crippen molar-refractivity contribution in [2.24, 2.45) is 0 Å². The SMILES string of the molecule is c1cc(-c2cc[nH]c2-c2nccs2)[nH]n1. The Kier molecular flexibility index (Phi) is 1.89. The average Bonchev–Trinajstić information content (AvgIpc) is 3.01. The Labute approximate surface area is 90.0 Å². The summed E-state index contributed by atoms with van der Waals surface area (Å²) >= 11 is 1.62. The Morgan fingerprint density at radius 2 is 2.20 bits per heavy atom. The lowest BCUT2D eigenvalue weighted by Crippen LogP contribution is -1.81. The van der Waals surface area contributed by atoms with Gasteiger partial charge in [0.15, 0.2) is 0 Å². The molecule has 0 spiro atoms. The van der Waals surface area contributed by atoms with Crippen molar-refractivity contribution in [3.05, 3.63) is 36.1 Å². The van der Waals surface area contributed by atoms with Crippen molar-refractivity contribution in [2.45, 2.75) is 0 Å². The molecule has 3 aromatic rings. The fraction of sp³-hybridized carbons (Fsp3) is 0. The van der Waals surface area contributed by atoms with Gasteiger partial charge in [-0.2, -0.15) is 5.10 Å². The molecule has 15 heavy (non-hydrogen) atoms. The summed E-state index contributed by atoms with van der Waals surface area (Å²) in [6.45, 7) is 0. The Morgan fingerprint density at radius 1 is 1.20 bits per heavy atom. The van der Waals surface area contributed by atoms with E-state index in [4.69, 9.17) is 0 Å². The van der Waals surface area contributed by atoms with Crippen molar-refractivity contribution >= 4 is 11.3 Å². The number of rotatable bonds is 2. The van der Waals surface area contributed by atoms with E-state index in [0.717, 1.165) is 22.0 Å². The summed E-state index contributed by atoms with van der Waals surface area (Å²) in [5, 5.41) is 9.85. The van der Waals surface area contributed by atoms with E-state index >= 15 is 0 Å². The second-order valence-corrected chi connectivity index (χ2v) is 3.97. The van der Waals surface area contributed by atoms with Crippen LogP contribution in [-0.4, -0.2) is 20.2 Å². The average molecular weight is 216 g/mol. The van der Waals surface area contributed by atoms with Gasteiger partial charge in [-0.3, -0.25) is 5.10 Å². The van der Waals surface area contributed by atoms with E-state index < -0.39 is 0 Å². The molecule has 0 aromatic carbocycles. The molecule has 0 amide bonds. The Morgan fingerprint density at radius 3 is 2.93 bits per heavy atom. The van der Waals surface area contributed by atoms with Crippen LogP contribution in [0.4, 0.5) is 0 Å². The molecule has 3 rings (SSSR count). The maximum atomic E-state index is 4.28. The summed E-state index contributed by atoms with van der Waals surface area (Å²) in [6, 6.07) is 3.96. The Hall–Kier alpha value is -1.88. The zero-order valence-electron chi connectivity index (χ0n) is 7.77. The Bertz CT molecular complexity index is 487. The molecule has 0 radical (unpaired) electrons. The quantitative estimate of drug-likeness (QED) is 0.691. The molecule has 0 unspecified atom stereocenters. The van der Waals surface area contributed by atoms with E-state index in [1.807, 2.05) is 23.7 Å². The summed E-state index contributed by atoms with van der Waals surface area (Å²) in [7, 11) is 0. The van der Waals surface area contributed by atoms with Gasteiger partial charge in [0, 0.05) is 29.5 Å². The third-order valence-electron chi connectivity index (χ3n) is 2.18. The molecule has 3 aromatic heterocycles. The lowest BCUT2D eigenvalue weighted by molar-refractivity contribution is 1.10. The standard InChI is InChI=1S/C10H8N4S/c1-3-11-9(10-12-5-6-15-10)7(1)8-2-4-13-14-8/h1-6,11H,(H,13,14). The van der Waals surface area contributed by atoms with Gasteiger partial charge in [0.25, 0.3) is 0 Å². The second-order valence-electron chi connectivity index (χ2n) is 3.07. The highest BCUT2D eigenvalue weighted by atomic mass is 32.1. The number of hydrogen-bond acceptors (Lipinski definition) is 3. The van der Waals surface area contributed by atoms with Gasteiger partial charge >= 0.3 is 0 Å². The fourth-order valence-corrected chi connectivity index (χ4v) is 2.18. The lowest BCUT2D eigenvalue weighted by atomic mass is 10.2. The highest BCUT2D eigenvalue weighted by molar-refractivity contribution is 7.13. The molecule has 74 valence electrons. The molecule has 0 aliphatic rings. The van der Waals surface area contributed by atoms with Gasteiger partial charge < -0.3 is 4.98 Å². The summed E-state index contributed by atoms with van der Waals surface area (Å²) in [6.07, 6.45) is 5.46. The van der Waals surface area contributed by atoms with E-state index in [0.29, 0.717) is 0 Å². The molecular formula is C10H8N4S. The van der Waals surface area contributed by atoms with Crippen LogP contribution in [0.3, 0.4) is 0 Å². The van der Waals surface area contributed by atoms with Gasteiger partial charge in [0.2, 0.25) is 0 Å². The number of hydrogen-bond donors (Lipinski definition) is 2. The van der Waals surface area contributed by atoms with Gasteiger partial charge in [-0.05, 0) is 12.1 Å². The largest absolute Gasteiger partial charge is 0.359 e. The van der Waals surface area contributed by atoms with Crippen LogP contribution in [0.2, 0.25) is 0 Å². The predicted molar refractivity (Wildman–Crippen MR) is 59.5 cm³/mol. The maximum Gasteiger partial charge on any atom is 0.140 e. The number of nitrogens with zero attached hydrogens (tertiary/aromatic N) is 2. The van der Waals surface area contributed by atoms with Crippen LogP contribution in [0.5, 0.6) is 0 Å². The minimum absolute atomic E-state index is 0.990. The van der Waals surface area contributed by atoms with Crippen molar-refractivity contribution in [1.82, 2.24) is 20.2 Å². The van der Waals surface area contributed by atoms with E-state index in [2.05, 4.69) is 20.2 Å². The monoisotopic (exact) mass is 216 g/mol. The number of thiazole rings is 1. The fourth-order valence-electron chi connectivity index (χ4n) is 1.52. The van der Waals surface area contributed by atoms with Crippen molar-refractivity contribution in [2.75, 3.05) is 0 Å². The van der Waals surface area contributed by atoms with Gasteiger partial charge in [0.05, 0.1) is 11.4 Å². The van der Waals surface area contributed by atoms with Crippen LogP contribution in [0.15, 0.2) is 36.1 Å². The number of H-pyrrole nitrogens is 2. The minimum atomic E-state index is 0.990. The minimum Gasteiger partial charge on any atom is -0.359 e. The van der Waals surface area contributed by atoms with E-state index in [-0.39, 0.29) is 0 Å². The van der Waals surface area contributed by atoms with Crippen molar-refractivity contribution < 1.29 is 0 Å².